The van der Waals surface area contributed by atoms with Crippen LogP contribution in [0.3, 0.4) is 0 Å². The summed E-state index contributed by atoms with van der Waals surface area (Å²) in [5.41, 5.74) is 0.364. The smallest absolute Gasteiger partial charge is 0.182 e. The number of piperidine rings is 1. The predicted octanol–water partition coefficient (Wildman–Crippen LogP) is 1.63. The minimum atomic E-state index is 0.270. The van der Waals surface area contributed by atoms with Gasteiger partial charge >= 0.3 is 0 Å². The van der Waals surface area contributed by atoms with Crippen LogP contribution in [0, 0.1) is 11.3 Å². The van der Waals surface area contributed by atoms with E-state index in [0.29, 0.717) is 11.5 Å². The summed E-state index contributed by atoms with van der Waals surface area (Å²) in [6.45, 7) is 5.46. The van der Waals surface area contributed by atoms with Crippen LogP contribution in [0.2, 0.25) is 0 Å². The first-order valence-electron chi connectivity index (χ1n) is 6.49. The molecule has 5 nitrogen and oxygen atoms in total. The Morgan fingerprint density at radius 3 is 2.78 bits per heavy atom. The standard InChI is InChI=1S/C13H19N5/c1-11(10-18-7-3-2-4-8-18)17-13-12(9-14)15-5-6-16-13/h5-6,11H,2-4,7-8,10H2,1H3,(H,16,17). The molecular formula is C13H19N5. The third kappa shape index (κ3) is 3.41. The van der Waals surface area contributed by atoms with Gasteiger partial charge in [0.1, 0.15) is 6.07 Å². The van der Waals surface area contributed by atoms with Gasteiger partial charge in [-0.15, -0.1) is 0 Å². The molecule has 0 amide bonds. The lowest BCUT2D eigenvalue weighted by atomic mass is 10.1. The SMILES string of the molecule is CC(CN1CCCCC1)Nc1nccnc1C#N. The average Bonchev–Trinajstić information content (AvgIpc) is 2.40. The molecule has 1 aliphatic rings. The summed E-state index contributed by atoms with van der Waals surface area (Å²) in [4.78, 5) is 10.6. The van der Waals surface area contributed by atoms with Crippen LogP contribution in [0.1, 0.15) is 31.9 Å². The molecule has 0 saturated carbocycles. The van der Waals surface area contributed by atoms with E-state index in [1.54, 1.807) is 12.4 Å². The van der Waals surface area contributed by atoms with Gasteiger partial charge in [0.05, 0.1) is 0 Å². The fourth-order valence-electron chi connectivity index (χ4n) is 2.33. The van der Waals surface area contributed by atoms with E-state index in [9.17, 15) is 0 Å². The Morgan fingerprint density at radius 1 is 1.33 bits per heavy atom. The molecule has 0 radical (unpaired) electrons. The van der Waals surface area contributed by atoms with Gasteiger partial charge in [0.15, 0.2) is 11.5 Å². The van der Waals surface area contributed by atoms with Crippen LogP contribution in [-0.2, 0) is 0 Å². The maximum absolute atomic E-state index is 8.95. The largest absolute Gasteiger partial charge is 0.364 e. The van der Waals surface area contributed by atoms with Gasteiger partial charge in [-0.05, 0) is 32.9 Å². The highest BCUT2D eigenvalue weighted by molar-refractivity contribution is 5.47. The van der Waals surface area contributed by atoms with Crippen molar-refractivity contribution in [3.05, 3.63) is 18.1 Å². The first-order chi connectivity index (χ1) is 8.79. The molecule has 1 N–H and O–H groups in total. The van der Waals surface area contributed by atoms with Crippen LogP contribution in [0.15, 0.2) is 12.4 Å². The van der Waals surface area contributed by atoms with E-state index in [0.717, 1.165) is 6.54 Å². The number of nitrogens with one attached hydrogen (secondary N) is 1. The lowest BCUT2D eigenvalue weighted by molar-refractivity contribution is 0.223. The number of hydrogen-bond donors (Lipinski definition) is 1. The molecule has 5 heteroatoms. The van der Waals surface area contributed by atoms with E-state index in [1.165, 1.54) is 32.4 Å². The van der Waals surface area contributed by atoms with Gasteiger partial charge in [0, 0.05) is 25.0 Å². The maximum Gasteiger partial charge on any atom is 0.182 e. The Balaban J connectivity index is 1.90. The van der Waals surface area contributed by atoms with Crippen molar-refractivity contribution in [2.75, 3.05) is 25.0 Å². The van der Waals surface area contributed by atoms with E-state index in [-0.39, 0.29) is 6.04 Å². The van der Waals surface area contributed by atoms with Crippen LogP contribution < -0.4 is 5.32 Å². The summed E-state index contributed by atoms with van der Waals surface area (Å²) in [7, 11) is 0. The molecular weight excluding hydrogens is 226 g/mol. The van der Waals surface area contributed by atoms with Crippen molar-refractivity contribution in [1.82, 2.24) is 14.9 Å². The van der Waals surface area contributed by atoms with Crippen molar-refractivity contribution in [2.24, 2.45) is 0 Å². The lowest BCUT2D eigenvalue weighted by Gasteiger charge is -2.29. The number of aromatic nitrogens is 2. The van der Waals surface area contributed by atoms with Crippen molar-refractivity contribution in [3.63, 3.8) is 0 Å². The highest BCUT2D eigenvalue weighted by Crippen LogP contribution is 2.12. The first kappa shape index (κ1) is 12.8. The minimum absolute atomic E-state index is 0.270. The zero-order chi connectivity index (χ0) is 12.8. The maximum atomic E-state index is 8.95. The molecule has 1 aliphatic heterocycles. The quantitative estimate of drug-likeness (QED) is 0.873. The zero-order valence-corrected chi connectivity index (χ0v) is 10.8. The van der Waals surface area contributed by atoms with Gasteiger partial charge in [-0.1, -0.05) is 6.42 Å². The first-order valence-corrected chi connectivity index (χ1v) is 6.49. The van der Waals surface area contributed by atoms with Gasteiger partial charge in [0.2, 0.25) is 0 Å². The van der Waals surface area contributed by atoms with E-state index in [2.05, 4.69) is 33.2 Å². The number of nitriles is 1. The summed E-state index contributed by atoms with van der Waals surface area (Å²) in [5.74, 6) is 0.588. The van der Waals surface area contributed by atoms with Crippen molar-refractivity contribution in [2.45, 2.75) is 32.2 Å². The Morgan fingerprint density at radius 2 is 2.06 bits per heavy atom. The van der Waals surface area contributed by atoms with Crippen LogP contribution in [0.4, 0.5) is 5.82 Å². The Bertz CT molecular complexity index is 420. The van der Waals surface area contributed by atoms with E-state index < -0.39 is 0 Å². The third-order valence-electron chi connectivity index (χ3n) is 3.17. The second-order valence-corrected chi connectivity index (χ2v) is 4.77. The van der Waals surface area contributed by atoms with Crippen molar-refractivity contribution in [3.8, 4) is 6.07 Å². The highest BCUT2D eigenvalue weighted by atomic mass is 15.2. The highest BCUT2D eigenvalue weighted by Gasteiger charge is 2.14. The number of nitrogens with zero attached hydrogens (tertiary/aromatic N) is 4. The molecule has 1 unspecified atom stereocenters. The van der Waals surface area contributed by atoms with E-state index >= 15 is 0 Å². The molecule has 1 aromatic rings. The van der Waals surface area contributed by atoms with Crippen molar-refractivity contribution in [1.29, 1.82) is 5.26 Å². The molecule has 0 aromatic carbocycles. The molecule has 1 aromatic heterocycles. The van der Waals surface area contributed by atoms with Gasteiger partial charge in [-0.3, -0.25) is 0 Å². The molecule has 2 rings (SSSR count). The molecule has 0 aliphatic carbocycles. The number of anilines is 1. The molecule has 1 fully saturated rings. The summed E-state index contributed by atoms with van der Waals surface area (Å²) in [6.07, 6.45) is 7.08. The fourth-order valence-corrected chi connectivity index (χ4v) is 2.33. The molecule has 2 heterocycles. The molecule has 1 atom stereocenters. The monoisotopic (exact) mass is 245 g/mol. The number of rotatable bonds is 4. The van der Waals surface area contributed by atoms with Crippen LogP contribution in [0.25, 0.3) is 0 Å². The van der Waals surface area contributed by atoms with Gasteiger partial charge in [-0.2, -0.15) is 5.26 Å². The molecule has 0 bridgehead atoms. The fraction of sp³-hybridized carbons (Fsp3) is 0.615. The van der Waals surface area contributed by atoms with Crippen molar-refractivity contribution >= 4 is 5.82 Å². The lowest BCUT2D eigenvalue weighted by Crippen LogP contribution is -2.38. The second kappa shape index (κ2) is 6.31. The van der Waals surface area contributed by atoms with Crippen LogP contribution in [-0.4, -0.2) is 40.5 Å². The Hall–Kier alpha value is -1.67. The summed E-state index contributed by atoms with van der Waals surface area (Å²) < 4.78 is 0. The number of hydrogen-bond acceptors (Lipinski definition) is 5. The predicted molar refractivity (Wildman–Crippen MR) is 70.1 cm³/mol. The average molecular weight is 245 g/mol. The molecule has 18 heavy (non-hydrogen) atoms. The number of likely N-dealkylation sites (tertiary alicyclic amines) is 1. The van der Waals surface area contributed by atoms with Gasteiger partial charge in [0.25, 0.3) is 0 Å². The second-order valence-electron chi connectivity index (χ2n) is 4.77. The van der Waals surface area contributed by atoms with Gasteiger partial charge in [-0.25, -0.2) is 9.97 Å². The van der Waals surface area contributed by atoms with Crippen LogP contribution >= 0.6 is 0 Å². The summed E-state index contributed by atoms with van der Waals surface area (Å²) >= 11 is 0. The third-order valence-corrected chi connectivity index (χ3v) is 3.17. The van der Waals surface area contributed by atoms with Crippen LogP contribution in [0.5, 0.6) is 0 Å². The topological polar surface area (TPSA) is 64.8 Å². The Labute approximate surface area is 108 Å². The molecule has 96 valence electrons. The zero-order valence-electron chi connectivity index (χ0n) is 10.8. The summed E-state index contributed by atoms with van der Waals surface area (Å²) in [5, 5.41) is 12.2. The Kier molecular flexibility index (Phi) is 4.48. The van der Waals surface area contributed by atoms with Gasteiger partial charge < -0.3 is 10.2 Å². The molecule has 0 spiro atoms. The van der Waals surface area contributed by atoms with E-state index in [1.807, 2.05) is 0 Å². The minimum Gasteiger partial charge on any atom is -0.364 e. The molecule has 1 saturated heterocycles. The normalized spacial score (nSPS) is 18.0. The van der Waals surface area contributed by atoms with E-state index in [4.69, 9.17) is 5.26 Å². The van der Waals surface area contributed by atoms with Crippen molar-refractivity contribution < 1.29 is 0 Å². The summed E-state index contributed by atoms with van der Waals surface area (Å²) in [6, 6.07) is 2.33.